The van der Waals surface area contributed by atoms with Crippen LogP contribution >= 0.6 is 0 Å². The number of benzene rings is 2. The van der Waals surface area contributed by atoms with E-state index in [0.717, 1.165) is 12.1 Å². The molecule has 0 radical (unpaired) electrons. The van der Waals surface area contributed by atoms with E-state index in [0.29, 0.717) is 18.7 Å². The lowest BCUT2D eigenvalue weighted by molar-refractivity contribution is -0.384. The third-order valence-corrected chi connectivity index (χ3v) is 3.84. The molecule has 0 atom stereocenters. The van der Waals surface area contributed by atoms with E-state index in [-0.39, 0.29) is 11.6 Å². The van der Waals surface area contributed by atoms with Gasteiger partial charge in [0, 0.05) is 37.8 Å². The van der Waals surface area contributed by atoms with Gasteiger partial charge in [-0.3, -0.25) is 14.9 Å². The average Bonchev–Trinajstić information content (AvgIpc) is 2.64. The molecule has 0 heterocycles. The van der Waals surface area contributed by atoms with Crippen molar-refractivity contribution in [2.75, 3.05) is 27.2 Å². The Morgan fingerprint density at radius 3 is 2.46 bits per heavy atom. The van der Waals surface area contributed by atoms with Gasteiger partial charge in [0.05, 0.1) is 4.92 Å². The van der Waals surface area contributed by atoms with Gasteiger partial charge in [0.25, 0.3) is 5.69 Å². The summed E-state index contributed by atoms with van der Waals surface area (Å²) in [4.78, 5) is 26.8. The number of amides is 1. The van der Waals surface area contributed by atoms with Crippen LogP contribution in [0.3, 0.4) is 0 Å². The second kappa shape index (κ2) is 9.48. The molecule has 26 heavy (non-hydrogen) atoms. The molecule has 0 aliphatic rings. The molecule has 0 aliphatic heterocycles. The number of nitrogens with zero attached hydrogens (tertiary/aromatic N) is 3. The Morgan fingerprint density at radius 1 is 1.08 bits per heavy atom. The zero-order valence-corrected chi connectivity index (χ0v) is 15.0. The predicted molar refractivity (Wildman–Crippen MR) is 103 cm³/mol. The fraction of sp³-hybridized carbons (Fsp3) is 0.250. The van der Waals surface area contributed by atoms with E-state index in [4.69, 9.17) is 0 Å². The highest BCUT2D eigenvalue weighted by molar-refractivity contribution is 5.91. The van der Waals surface area contributed by atoms with Gasteiger partial charge in [-0.25, -0.2) is 0 Å². The first-order valence-corrected chi connectivity index (χ1v) is 8.36. The Balaban J connectivity index is 2.11. The number of carbonyl (C=O) groups excluding carboxylic acids is 1. The minimum atomic E-state index is -0.446. The Morgan fingerprint density at radius 2 is 1.81 bits per heavy atom. The van der Waals surface area contributed by atoms with Crippen LogP contribution in [0.2, 0.25) is 0 Å². The fourth-order valence-corrected chi connectivity index (χ4v) is 2.41. The van der Waals surface area contributed by atoms with Crippen molar-refractivity contribution in [1.82, 2.24) is 9.80 Å². The molecule has 0 saturated carbocycles. The van der Waals surface area contributed by atoms with Gasteiger partial charge in [-0.2, -0.15) is 0 Å². The van der Waals surface area contributed by atoms with Crippen LogP contribution in [0.1, 0.15) is 11.1 Å². The second-order valence-corrected chi connectivity index (χ2v) is 6.23. The maximum atomic E-state index is 12.6. The monoisotopic (exact) mass is 353 g/mol. The molecule has 2 aromatic carbocycles. The summed E-state index contributed by atoms with van der Waals surface area (Å²) in [5.41, 5.74) is 1.69. The number of nitro groups is 1. The molecule has 6 heteroatoms. The molecule has 0 spiro atoms. The van der Waals surface area contributed by atoms with E-state index in [1.165, 1.54) is 18.2 Å². The molecule has 2 aromatic rings. The lowest BCUT2D eigenvalue weighted by atomic mass is 10.1. The Hall–Kier alpha value is -2.99. The minimum Gasteiger partial charge on any atom is -0.334 e. The minimum absolute atomic E-state index is 0.00773. The molecule has 0 fully saturated rings. The summed E-state index contributed by atoms with van der Waals surface area (Å²) in [7, 11) is 3.92. The molecule has 0 aliphatic carbocycles. The van der Waals surface area contributed by atoms with Crippen molar-refractivity contribution >= 4 is 17.7 Å². The molecule has 0 bridgehead atoms. The maximum absolute atomic E-state index is 12.6. The van der Waals surface area contributed by atoms with Crippen LogP contribution in [0, 0.1) is 10.1 Å². The number of nitro benzene ring substituents is 1. The summed E-state index contributed by atoms with van der Waals surface area (Å²) < 4.78 is 0. The van der Waals surface area contributed by atoms with Crippen molar-refractivity contribution in [3.8, 4) is 0 Å². The summed E-state index contributed by atoms with van der Waals surface area (Å²) in [6.45, 7) is 1.87. The number of likely N-dealkylation sites (N-methyl/N-ethyl adjacent to an activating group) is 1. The lowest BCUT2D eigenvalue weighted by Gasteiger charge is -2.23. The van der Waals surface area contributed by atoms with Crippen LogP contribution in [-0.4, -0.2) is 47.8 Å². The molecule has 0 N–H and O–H groups in total. The van der Waals surface area contributed by atoms with Crippen molar-refractivity contribution in [3.05, 3.63) is 81.9 Å². The first kappa shape index (κ1) is 19.3. The summed E-state index contributed by atoms with van der Waals surface area (Å²) in [5, 5.41) is 10.9. The fourth-order valence-electron chi connectivity index (χ4n) is 2.41. The molecule has 0 unspecified atom stereocenters. The van der Waals surface area contributed by atoms with Crippen LogP contribution in [0.15, 0.2) is 60.7 Å². The summed E-state index contributed by atoms with van der Waals surface area (Å²) >= 11 is 0. The zero-order chi connectivity index (χ0) is 18.9. The van der Waals surface area contributed by atoms with Gasteiger partial charge in [0.1, 0.15) is 0 Å². The molecular weight excluding hydrogens is 330 g/mol. The van der Waals surface area contributed by atoms with Gasteiger partial charge in [-0.15, -0.1) is 0 Å². The number of hydrogen-bond donors (Lipinski definition) is 0. The standard InChI is InChI=1S/C20H23N3O3/c1-21(2)13-14-22(16-18-7-4-3-5-8-18)20(24)12-11-17-9-6-10-19(15-17)23(25)26/h3-12,15H,13-14,16H2,1-2H3/b12-11+. The van der Waals surface area contributed by atoms with Crippen molar-refractivity contribution in [2.45, 2.75) is 6.54 Å². The largest absolute Gasteiger partial charge is 0.334 e. The van der Waals surface area contributed by atoms with Crippen LogP contribution in [0.5, 0.6) is 0 Å². The lowest BCUT2D eigenvalue weighted by Crippen LogP contribution is -2.35. The highest BCUT2D eigenvalue weighted by atomic mass is 16.6. The van der Waals surface area contributed by atoms with E-state index in [1.54, 1.807) is 23.1 Å². The Bertz CT molecular complexity index is 773. The van der Waals surface area contributed by atoms with E-state index in [1.807, 2.05) is 49.3 Å². The van der Waals surface area contributed by atoms with Crippen LogP contribution < -0.4 is 0 Å². The van der Waals surface area contributed by atoms with Crippen LogP contribution in [0.25, 0.3) is 6.08 Å². The van der Waals surface area contributed by atoms with Crippen LogP contribution in [0.4, 0.5) is 5.69 Å². The van der Waals surface area contributed by atoms with Gasteiger partial charge >= 0.3 is 0 Å². The van der Waals surface area contributed by atoms with E-state index < -0.39 is 4.92 Å². The van der Waals surface area contributed by atoms with Gasteiger partial charge in [0.2, 0.25) is 5.91 Å². The van der Waals surface area contributed by atoms with E-state index in [2.05, 4.69) is 0 Å². The second-order valence-electron chi connectivity index (χ2n) is 6.23. The highest BCUT2D eigenvalue weighted by Gasteiger charge is 2.12. The first-order chi connectivity index (χ1) is 12.5. The van der Waals surface area contributed by atoms with E-state index in [9.17, 15) is 14.9 Å². The molecule has 2 rings (SSSR count). The highest BCUT2D eigenvalue weighted by Crippen LogP contribution is 2.14. The number of rotatable bonds is 8. The van der Waals surface area contributed by atoms with Gasteiger partial charge in [-0.05, 0) is 31.3 Å². The molecule has 0 saturated heterocycles. The number of non-ortho nitro benzene ring substituents is 1. The molecular formula is C20H23N3O3. The quantitative estimate of drug-likeness (QED) is 0.415. The van der Waals surface area contributed by atoms with Crippen molar-refractivity contribution < 1.29 is 9.72 Å². The normalized spacial score (nSPS) is 11.0. The average molecular weight is 353 g/mol. The zero-order valence-electron chi connectivity index (χ0n) is 15.0. The summed E-state index contributed by atoms with van der Waals surface area (Å²) in [6, 6.07) is 16.0. The van der Waals surface area contributed by atoms with Crippen molar-refractivity contribution in [2.24, 2.45) is 0 Å². The Kier molecular flexibility index (Phi) is 7.05. The van der Waals surface area contributed by atoms with Gasteiger partial charge in [-0.1, -0.05) is 42.5 Å². The topological polar surface area (TPSA) is 66.7 Å². The van der Waals surface area contributed by atoms with Gasteiger partial charge < -0.3 is 9.80 Å². The smallest absolute Gasteiger partial charge is 0.270 e. The third-order valence-electron chi connectivity index (χ3n) is 3.84. The van der Waals surface area contributed by atoms with Crippen molar-refractivity contribution in [3.63, 3.8) is 0 Å². The van der Waals surface area contributed by atoms with Crippen molar-refractivity contribution in [1.29, 1.82) is 0 Å². The van der Waals surface area contributed by atoms with Gasteiger partial charge in [0.15, 0.2) is 0 Å². The molecule has 0 aromatic heterocycles. The Labute approximate surface area is 153 Å². The number of hydrogen-bond acceptors (Lipinski definition) is 4. The molecule has 136 valence electrons. The predicted octanol–water partition coefficient (Wildman–Crippen LogP) is 3.20. The van der Waals surface area contributed by atoms with E-state index >= 15 is 0 Å². The summed E-state index contributed by atoms with van der Waals surface area (Å²) in [5.74, 6) is -0.123. The first-order valence-electron chi connectivity index (χ1n) is 8.36. The summed E-state index contributed by atoms with van der Waals surface area (Å²) in [6.07, 6.45) is 3.08. The molecule has 1 amide bonds. The SMILES string of the molecule is CN(C)CCN(Cc1ccccc1)C(=O)/C=C/c1cccc([N+](=O)[O-])c1. The maximum Gasteiger partial charge on any atom is 0.270 e. The third kappa shape index (κ3) is 6.14. The van der Waals surface area contributed by atoms with Crippen LogP contribution in [-0.2, 0) is 11.3 Å². The number of carbonyl (C=O) groups is 1. The molecule has 6 nitrogen and oxygen atoms in total.